The minimum atomic E-state index is -1.40. The van der Waals surface area contributed by atoms with Gasteiger partial charge in [0.2, 0.25) is 17.7 Å². The van der Waals surface area contributed by atoms with E-state index >= 15 is 0 Å². The maximum atomic E-state index is 14.9. The third-order valence-corrected chi connectivity index (χ3v) is 12.2. The van der Waals surface area contributed by atoms with E-state index < -0.39 is 17.4 Å². The summed E-state index contributed by atoms with van der Waals surface area (Å²) >= 11 is 3.58. The number of carbonyl (C=O) groups is 3. The van der Waals surface area contributed by atoms with E-state index in [0.717, 1.165) is 57.8 Å². The number of halogens is 2. The lowest BCUT2D eigenvalue weighted by Gasteiger charge is -2.57. The molecule has 4 bridgehead atoms. The molecule has 2 atom stereocenters. The second-order valence-corrected chi connectivity index (χ2v) is 15.4. The average Bonchev–Trinajstić information content (AvgIpc) is 3.14. The summed E-state index contributed by atoms with van der Waals surface area (Å²) in [4.78, 5) is 46.1. The van der Waals surface area contributed by atoms with Gasteiger partial charge in [0.15, 0.2) is 0 Å². The van der Waals surface area contributed by atoms with Crippen LogP contribution in [0.4, 0.5) is 11.4 Å². The van der Waals surface area contributed by atoms with Crippen molar-refractivity contribution in [2.75, 3.05) is 30.5 Å². The lowest BCUT2D eigenvalue weighted by molar-refractivity contribution is -0.134. The Morgan fingerprint density at radius 3 is 2.26 bits per heavy atom. The molecule has 5 aliphatic rings. The highest BCUT2D eigenvalue weighted by atomic mass is 79.9. The summed E-state index contributed by atoms with van der Waals surface area (Å²) in [5.74, 6) is 0.992. The molecule has 1 unspecified atom stereocenters. The highest BCUT2D eigenvalue weighted by Crippen LogP contribution is 2.61. The van der Waals surface area contributed by atoms with Gasteiger partial charge < -0.3 is 25.6 Å². The van der Waals surface area contributed by atoms with Crippen LogP contribution in [0.1, 0.15) is 57.4 Å². The molecule has 1 aliphatic heterocycles. The molecule has 0 saturated heterocycles. The standard InChI is InChI=1S/C37H43BrN4O4.ClH/c1-36(40-2,35(39)45)29-21-41(33(43)19-37-16-22-12-23(17-37)14-24(13-22)18-37)30-6-4-5-7-31(30)42(34(29)44)20-28-27-10-9-26(38)15-25(27)8-11-32(28)46-3;/h4-11,15,22-24,29,40H,12-14,16-21H2,1-3H3,(H2,39,45);1H/t22?,23?,24?,29-,36?,37?;/m1./s1. The topological polar surface area (TPSA) is 105 Å². The zero-order valence-corrected chi connectivity index (χ0v) is 29.7. The van der Waals surface area contributed by atoms with Crippen LogP contribution in [-0.2, 0) is 20.9 Å². The van der Waals surface area contributed by atoms with Crippen molar-refractivity contribution < 1.29 is 19.1 Å². The molecule has 47 heavy (non-hydrogen) atoms. The normalized spacial score (nSPS) is 27.5. The minimum absolute atomic E-state index is 0. The second kappa shape index (κ2) is 12.7. The molecule has 250 valence electrons. The van der Waals surface area contributed by atoms with E-state index in [1.165, 1.54) is 19.3 Å². The number of hydrogen-bond donors (Lipinski definition) is 2. The van der Waals surface area contributed by atoms with Crippen molar-refractivity contribution in [3.63, 3.8) is 0 Å². The van der Waals surface area contributed by atoms with Crippen molar-refractivity contribution in [3.05, 3.63) is 64.6 Å². The lowest BCUT2D eigenvalue weighted by Crippen LogP contribution is -2.63. The van der Waals surface area contributed by atoms with Gasteiger partial charge in [0.05, 0.1) is 30.9 Å². The summed E-state index contributed by atoms with van der Waals surface area (Å²) < 4.78 is 6.78. The molecule has 8 rings (SSSR count). The van der Waals surface area contributed by atoms with Gasteiger partial charge in [-0.15, -0.1) is 12.4 Å². The zero-order chi connectivity index (χ0) is 32.4. The number of nitrogens with zero attached hydrogens (tertiary/aromatic N) is 2. The van der Waals surface area contributed by atoms with E-state index in [2.05, 4.69) is 21.2 Å². The van der Waals surface area contributed by atoms with E-state index in [1.807, 2.05) is 54.6 Å². The number of benzene rings is 3. The van der Waals surface area contributed by atoms with Crippen molar-refractivity contribution in [1.82, 2.24) is 5.32 Å². The first-order valence-corrected chi connectivity index (χ1v) is 17.3. The number of para-hydroxylation sites is 2. The zero-order valence-electron chi connectivity index (χ0n) is 27.3. The maximum absolute atomic E-state index is 14.9. The van der Waals surface area contributed by atoms with Crippen molar-refractivity contribution >= 4 is 68.2 Å². The molecule has 3 aromatic carbocycles. The number of methoxy groups -OCH3 is 1. The first-order chi connectivity index (χ1) is 22.0. The SMILES string of the molecule is CNC(C)(C(N)=O)[C@@H]1CN(C(=O)CC23CC4CC(CC(C4)C2)C3)c2ccccc2N(Cc2c(OC)ccc3cc(Br)ccc23)C1=O.Cl. The number of nitrogens with two attached hydrogens (primary N) is 1. The number of amides is 3. The largest absolute Gasteiger partial charge is 0.496 e. The predicted octanol–water partition coefficient (Wildman–Crippen LogP) is 6.60. The van der Waals surface area contributed by atoms with Crippen LogP contribution in [0.25, 0.3) is 10.8 Å². The van der Waals surface area contributed by atoms with Gasteiger partial charge in [0.25, 0.3) is 0 Å². The number of likely N-dealkylation sites (N-methyl/N-ethyl adjacent to an activating group) is 1. The maximum Gasteiger partial charge on any atom is 0.238 e. The Hall–Kier alpha value is -3.14. The van der Waals surface area contributed by atoms with Crippen molar-refractivity contribution in [3.8, 4) is 5.75 Å². The van der Waals surface area contributed by atoms with E-state index in [-0.39, 0.29) is 42.7 Å². The summed E-state index contributed by atoms with van der Waals surface area (Å²) in [6.45, 7) is 1.91. The molecule has 4 fully saturated rings. The molecule has 0 radical (unpaired) electrons. The molecule has 10 heteroatoms. The summed E-state index contributed by atoms with van der Waals surface area (Å²) in [6.07, 6.45) is 7.71. The molecule has 1 heterocycles. The second-order valence-electron chi connectivity index (χ2n) is 14.5. The van der Waals surface area contributed by atoms with Gasteiger partial charge in [0.1, 0.15) is 11.3 Å². The van der Waals surface area contributed by atoms with Crippen molar-refractivity contribution in [1.29, 1.82) is 0 Å². The van der Waals surface area contributed by atoms with Crippen LogP contribution in [-0.4, -0.2) is 44.0 Å². The Morgan fingerprint density at radius 1 is 1.02 bits per heavy atom. The summed E-state index contributed by atoms with van der Waals surface area (Å²) in [5.41, 5.74) is 6.79. The van der Waals surface area contributed by atoms with Gasteiger partial charge in [-0.2, -0.15) is 0 Å². The number of anilines is 2. The van der Waals surface area contributed by atoms with E-state index in [1.54, 1.807) is 30.9 Å². The number of primary amides is 1. The number of rotatable bonds is 8. The van der Waals surface area contributed by atoms with Crippen LogP contribution in [0, 0.1) is 29.1 Å². The number of carbonyl (C=O) groups excluding carboxylic acids is 3. The third kappa shape index (κ3) is 5.82. The van der Waals surface area contributed by atoms with Crippen LogP contribution < -0.4 is 25.6 Å². The third-order valence-electron chi connectivity index (χ3n) is 11.7. The van der Waals surface area contributed by atoms with E-state index in [9.17, 15) is 14.4 Å². The minimum Gasteiger partial charge on any atom is -0.496 e. The highest BCUT2D eigenvalue weighted by Gasteiger charge is 2.53. The molecule has 0 aromatic heterocycles. The van der Waals surface area contributed by atoms with Gasteiger partial charge in [-0.3, -0.25) is 14.4 Å². The van der Waals surface area contributed by atoms with Gasteiger partial charge in [-0.05, 0) is 117 Å². The lowest BCUT2D eigenvalue weighted by atomic mass is 9.49. The quantitative estimate of drug-likeness (QED) is 0.273. The monoisotopic (exact) mass is 722 g/mol. The molecule has 3 N–H and O–H groups in total. The first-order valence-electron chi connectivity index (χ1n) is 16.5. The Morgan fingerprint density at radius 2 is 1.66 bits per heavy atom. The summed E-state index contributed by atoms with van der Waals surface area (Å²) in [6, 6.07) is 17.6. The highest BCUT2D eigenvalue weighted by molar-refractivity contribution is 9.10. The number of ether oxygens (including phenoxy) is 1. The summed E-state index contributed by atoms with van der Waals surface area (Å²) in [5, 5.41) is 5.03. The van der Waals surface area contributed by atoms with Gasteiger partial charge >= 0.3 is 0 Å². The fourth-order valence-electron chi connectivity index (χ4n) is 9.66. The Balaban J connectivity index is 0.00000386. The van der Waals surface area contributed by atoms with Crippen LogP contribution in [0.3, 0.4) is 0 Å². The Labute approximate surface area is 291 Å². The molecule has 8 nitrogen and oxygen atoms in total. The molecular formula is C37H44BrClN4O4. The predicted molar refractivity (Wildman–Crippen MR) is 191 cm³/mol. The molecule has 4 aliphatic carbocycles. The van der Waals surface area contributed by atoms with Crippen molar-refractivity contribution in [2.45, 2.75) is 64.0 Å². The van der Waals surface area contributed by atoms with Crippen LogP contribution in [0.2, 0.25) is 0 Å². The van der Waals surface area contributed by atoms with Crippen LogP contribution >= 0.6 is 28.3 Å². The Bertz CT molecular complexity index is 1700. The van der Waals surface area contributed by atoms with E-state index in [0.29, 0.717) is 23.5 Å². The number of fused-ring (bicyclic) bond motifs is 2. The molecule has 3 aromatic rings. The van der Waals surface area contributed by atoms with Crippen LogP contribution in [0.5, 0.6) is 5.75 Å². The average molecular weight is 724 g/mol. The first kappa shape index (κ1) is 33.7. The Kier molecular flexibility index (Phi) is 9.13. The number of nitrogens with one attached hydrogen (secondary N) is 1. The van der Waals surface area contributed by atoms with Crippen LogP contribution in [0.15, 0.2) is 59.1 Å². The van der Waals surface area contributed by atoms with Crippen molar-refractivity contribution in [2.24, 2.45) is 34.8 Å². The fourth-order valence-corrected chi connectivity index (χ4v) is 10.0. The van der Waals surface area contributed by atoms with Gasteiger partial charge in [-0.1, -0.05) is 40.2 Å². The molecule has 4 saturated carbocycles. The number of hydrogen-bond acceptors (Lipinski definition) is 5. The molecule has 0 spiro atoms. The molecule has 3 amide bonds. The van der Waals surface area contributed by atoms with E-state index in [4.69, 9.17) is 10.5 Å². The van der Waals surface area contributed by atoms with Gasteiger partial charge in [-0.25, -0.2) is 0 Å². The smallest absolute Gasteiger partial charge is 0.238 e. The molecular weight excluding hydrogens is 680 g/mol. The summed E-state index contributed by atoms with van der Waals surface area (Å²) in [7, 11) is 3.27. The fraction of sp³-hybridized carbons (Fsp3) is 0.486. The van der Waals surface area contributed by atoms with Gasteiger partial charge in [0, 0.05) is 23.0 Å².